The van der Waals surface area contributed by atoms with Crippen molar-refractivity contribution in [1.29, 1.82) is 0 Å². The molecule has 1 aromatic rings. The number of benzene rings is 1. The average Bonchev–Trinajstić information content (AvgIpc) is 2.45. The van der Waals surface area contributed by atoms with Crippen LogP contribution in [0.25, 0.3) is 0 Å². The van der Waals surface area contributed by atoms with Crippen LogP contribution in [-0.2, 0) is 0 Å². The Morgan fingerprint density at radius 1 is 1.12 bits per heavy atom. The summed E-state index contributed by atoms with van der Waals surface area (Å²) in [7, 11) is 0. The predicted octanol–water partition coefficient (Wildman–Crippen LogP) is 3.92. The molecule has 1 aromatic carbocycles. The topological polar surface area (TPSA) is 12.0 Å². The molecule has 1 aliphatic carbocycles. The first-order valence-corrected chi connectivity index (χ1v) is 6.83. The Hall–Kier alpha value is -0.820. The summed E-state index contributed by atoms with van der Waals surface area (Å²) in [5.74, 6) is 0.847. The SMILES string of the molecule is CC1CC2(C)CC(C)(C1)C(c1ccccc1)N2. The van der Waals surface area contributed by atoms with Crippen LogP contribution in [0.5, 0.6) is 0 Å². The molecule has 17 heavy (non-hydrogen) atoms. The van der Waals surface area contributed by atoms with E-state index in [4.69, 9.17) is 0 Å². The van der Waals surface area contributed by atoms with Gasteiger partial charge in [-0.1, -0.05) is 44.2 Å². The van der Waals surface area contributed by atoms with E-state index in [9.17, 15) is 0 Å². The first kappa shape index (κ1) is 11.3. The van der Waals surface area contributed by atoms with Gasteiger partial charge in [0.2, 0.25) is 0 Å². The van der Waals surface area contributed by atoms with E-state index in [2.05, 4.69) is 56.4 Å². The maximum absolute atomic E-state index is 3.92. The Morgan fingerprint density at radius 3 is 2.53 bits per heavy atom. The highest BCUT2D eigenvalue weighted by Crippen LogP contribution is 2.56. The Balaban J connectivity index is 1.98. The van der Waals surface area contributed by atoms with Gasteiger partial charge in [-0.15, -0.1) is 0 Å². The molecular formula is C16H23N. The van der Waals surface area contributed by atoms with Crippen molar-refractivity contribution in [3.63, 3.8) is 0 Å². The van der Waals surface area contributed by atoms with Crippen LogP contribution in [0.2, 0.25) is 0 Å². The molecule has 0 aromatic heterocycles. The van der Waals surface area contributed by atoms with E-state index in [0.717, 1.165) is 5.92 Å². The van der Waals surface area contributed by atoms with Gasteiger partial charge in [0.15, 0.2) is 0 Å². The summed E-state index contributed by atoms with van der Waals surface area (Å²) in [6.45, 7) is 7.28. The molecule has 1 heteroatoms. The van der Waals surface area contributed by atoms with Crippen LogP contribution in [0, 0.1) is 11.3 Å². The van der Waals surface area contributed by atoms with Crippen LogP contribution in [0.1, 0.15) is 51.6 Å². The van der Waals surface area contributed by atoms with Gasteiger partial charge in [0.25, 0.3) is 0 Å². The van der Waals surface area contributed by atoms with Crippen molar-refractivity contribution in [1.82, 2.24) is 5.32 Å². The summed E-state index contributed by atoms with van der Waals surface area (Å²) in [6, 6.07) is 11.5. The second-order valence-electron chi connectivity index (χ2n) is 6.89. The maximum Gasteiger partial charge on any atom is 0.0379 e. The molecule has 1 saturated carbocycles. The number of nitrogens with one attached hydrogen (secondary N) is 1. The first-order valence-electron chi connectivity index (χ1n) is 6.83. The molecule has 0 spiro atoms. The lowest BCUT2D eigenvalue weighted by Gasteiger charge is -2.39. The van der Waals surface area contributed by atoms with E-state index >= 15 is 0 Å². The van der Waals surface area contributed by atoms with E-state index in [-0.39, 0.29) is 0 Å². The zero-order chi connectivity index (χ0) is 12.1. The van der Waals surface area contributed by atoms with E-state index in [0.29, 0.717) is 17.0 Å². The van der Waals surface area contributed by atoms with Crippen molar-refractivity contribution >= 4 is 0 Å². The van der Waals surface area contributed by atoms with E-state index in [1.807, 2.05) is 0 Å². The minimum absolute atomic E-state index is 0.354. The molecule has 0 amide bonds. The van der Waals surface area contributed by atoms with Crippen molar-refractivity contribution in [2.24, 2.45) is 11.3 Å². The van der Waals surface area contributed by atoms with Crippen molar-refractivity contribution < 1.29 is 0 Å². The van der Waals surface area contributed by atoms with Crippen LogP contribution in [0.15, 0.2) is 30.3 Å². The second-order valence-corrected chi connectivity index (χ2v) is 6.89. The second kappa shape index (κ2) is 3.58. The van der Waals surface area contributed by atoms with Gasteiger partial charge in [-0.25, -0.2) is 0 Å². The molecule has 1 aliphatic heterocycles. The van der Waals surface area contributed by atoms with E-state index in [1.54, 1.807) is 0 Å². The highest BCUT2D eigenvalue weighted by molar-refractivity contribution is 5.26. The molecule has 92 valence electrons. The highest BCUT2D eigenvalue weighted by Gasteiger charge is 2.53. The maximum atomic E-state index is 3.92. The lowest BCUT2D eigenvalue weighted by atomic mass is 9.65. The molecule has 1 N–H and O–H groups in total. The number of hydrogen-bond donors (Lipinski definition) is 1. The van der Waals surface area contributed by atoms with Gasteiger partial charge < -0.3 is 5.32 Å². The highest BCUT2D eigenvalue weighted by atomic mass is 15.1. The molecule has 1 saturated heterocycles. The molecule has 0 radical (unpaired) electrons. The molecular weight excluding hydrogens is 206 g/mol. The minimum atomic E-state index is 0.354. The summed E-state index contributed by atoms with van der Waals surface area (Å²) in [5, 5.41) is 3.92. The Morgan fingerprint density at radius 2 is 1.82 bits per heavy atom. The van der Waals surface area contributed by atoms with Crippen molar-refractivity contribution in [2.75, 3.05) is 0 Å². The average molecular weight is 229 g/mol. The molecule has 4 unspecified atom stereocenters. The summed E-state index contributed by atoms with van der Waals surface area (Å²) < 4.78 is 0. The standard InChI is InChI=1S/C16H23N/c1-12-9-15(2)11-16(3,10-12)17-14(15)13-7-5-4-6-8-13/h4-8,12,14,17H,9-11H2,1-3H3. The molecule has 2 bridgehead atoms. The summed E-state index contributed by atoms with van der Waals surface area (Å²) in [4.78, 5) is 0. The van der Waals surface area contributed by atoms with E-state index in [1.165, 1.54) is 24.8 Å². The van der Waals surface area contributed by atoms with Crippen molar-refractivity contribution in [3.05, 3.63) is 35.9 Å². The fraction of sp³-hybridized carbons (Fsp3) is 0.625. The Labute approximate surface area is 105 Å². The Kier molecular flexibility index (Phi) is 2.38. The van der Waals surface area contributed by atoms with Gasteiger partial charge in [-0.3, -0.25) is 0 Å². The van der Waals surface area contributed by atoms with Crippen molar-refractivity contribution in [3.8, 4) is 0 Å². The molecule has 4 atom stereocenters. The predicted molar refractivity (Wildman–Crippen MR) is 71.8 cm³/mol. The molecule has 2 aliphatic rings. The third-order valence-corrected chi connectivity index (χ3v) is 4.73. The smallest absolute Gasteiger partial charge is 0.0379 e. The van der Waals surface area contributed by atoms with E-state index < -0.39 is 0 Å². The largest absolute Gasteiger partial charge is 0.304 e. The number of rotatable bonds is 1. The zero-order valence-electron chi connectivity index (χ0n) is 11.2. The fourth-order valence-corrected chi connectivity index (χ4v) is 4.66. The van der Waals surface area contributed by atoms with Crippen LogP contribution < -0.4 is 5.32 Å². The number of fused-ring (bicyclic) bond motifs is 2. The van der Waals surface area contributed by atoms with Crippen LogP contribution in [0.3, 0.4) is 0 Å². The summed E-state index contributed by atoms with van der Waals surface area (Å²) >= 11 is 0. The van der Waals surface area contributed by atoms with Gasteiger partial charge in [-0.05, 0) is 43.1 Å². The van der Waals surface area contributed by atoms with Gasteiger partial charge in [0.1, 0.15) is 0 Å². The third-order valence-electron chi connectivity index (χ3n) is 4.73. The fourth-order valence-electron chi connectivity index (χ4n) is 4.66. The van der Waals surface area contributed by atoms with Crippen LogP contribution in [0.4, 0.5) is 0 Å². The monoisotopic (exact) mass is 229 g/mol. The van der Waals surface area contributed by atoms with Gasteiger partial charge in [-0.2, -0.15) is 0 Å². The summed E-state index contributed by atoms with van der Waals surface area (Å²) in [5.41, 5.74) is 2.26. The van der Waals surface area contributed by atoms with Gasteiger partial charge in [0.05, 0.1) is 0 Å². The normalized spacial score (nSPS) is 44.9. The summed E-state index contributed by atoms with van der Waals surface area (Å²) in [6.07, 6.45) is 4.00. The van der Waals surface area contributed by atoms with Gasteiger partial charge in [0, 0.05) is 11.6 Å². The van der Waals surface area contributed by atoms with Crippen LogP contribution in [-0.4, -0.2) is 5.54 Å². The van der Waals surface area contributed by atoms with Gasteiger partial charge >= 0.3 is 0 Å². The number of hydrogen-bond acceptors (Lipinski definition) is 1. The minimum Gasteiger partial charge on any atom is -0.304 e. The van der Waals surface area contributed by atoms with Crippen molar-refractivity contribution in [2.45, 2.75) is 51.6 Å². The Bertz CT molecular complexity index is 413. The molecule has 1 nitrogen and oxygen atoms in total. The molecule has 1 heterocycles. The lowest BCUT2D eigenvalue weighted by Crippen LogP contribution is -2.39. The first-order chi connectivity index (χ1) is 8.01. The third kappa shape index (κ3) is 1.81. The molecule has 2 fully saturated rings. The van der Waals surface area contributed by atoms with Crippen LogP contribution >= 0.6 is 0 Å². The quantitative estimate of drug-likeness (QED) is 0.769. The molecule has 3 rings (SSSR count). The lowest BCUT2D eigenvalue weighted by molar-refractivity contribution is 0.157. The zero-order valence-corrected chi connectivity index (χ0v) is 11.2.